The van der Waals surface area contributed by atoms with Gasteiger partial charge in [-0.2, -0.15) is 0 Å². The highest BCUT2D eigenvalue weighted by molar-refractivity contribution is 6.08. The molecule has 0 saturated heterocycles. The average Bonchev–Trinajstić information content (AvgIpc) is 2.73. The van der Waals surface area contributed by atoms with Gasteiger partial charge in [0, 0.05) is 6.07 Å². The van der Waals surface area contributed by atoms with Crippen LogP contribution in [0.25, 0.3) is 0 Å². The number of hydrogen-bond donors (Lipinski definition) is 1. The highest BCUT2D eigenvalue weighted by Crippen LogP contribution is 2.20. The topological polar surface area (TPSA) is 69.4 Å². The van der Waals surface area contributed by atoms with Gasteiger partial charge in [0.15, 0.2) is 5.76 Å². The van der Waals surface area contributed by atoms with E-state index in [1.54, 1.807) is 25.1 Å². The SMILES string of the molecule is Cc1cc(N)c(C(=O)c2ccco2)o1. The summed E-state index contributed by atoms with van der Waals surface area (Å²) in [6.07, 6.45) is 1.43. The van der Waals surface area contributed by atoms with Crippen LogP contribution < -0.4 is 5.73 Å². The van der Waals surface area contributed by atoms with E-state index >= 15 is 0 Å². The van der Waals surface area contributed by atoms with Gasteiger partial charge >= 0.3 is 0 Å². The highest BCUT2D eigenvalue weighted by Gasteiger charge is 2.19. The van der Waals surface area contributed by atoms with E-state index in [-0.39, 0.29) is 17.3 Å². The molecule has 0 saturated carbocycles. The molecule has 0 spiro atoms. The summed E-state index contributed by atoms with van der Waals surface area (Å²) in [7, 11) is 0. The molecule has 0 aliphatic rings. The monoisotopic (exact) mass is 191 g/mol. The van der Waals surface area contributed by atoms with E-state index in [0.29, 0.717) is 11.4 Å². The minimum atomic E-state index is -0.333. The van der Waals surface area contributed by atoms with Crippen LogP contribution in [0.3, 0.4) is 0 Å². The van der Waals surface area contributed by atoms with Gasteiger partial charge in [-0.3, -0.25) is 4.79 Å². The third-order valence-electron chi connectivity index (χ3n) is 1.84. The summed E-state index contributed by atoms with van der Waals surface area (Å²) in [5, 5.41) is 0. The van der Waals surface area contributed by atoms with E-state index in [9.17, 15) is 4.79 Å². The molecule has 2 aromatic rings. The van der Waals surface area contributed by atoms with Crippen molar-refractivity contribution in [3.63, 3.8) is 0 Å². The summed E-state index contributed by atoms with van der Waals surface area (Å²) in [4.78, 5) is 11.7. The van der Waals surface area contributed by atoms with Crippen molar-refractivity contribution in [2.75, 3.05) is 5.73 Å². The maximum absolute atomic E-state index is 11.7. The molecule has 2 heterocycles. The van der Waals surface area contributed by atoms with E-state index in [4.69, 9.17) is 14.6 Å². The van der Waals surface area contributed by atoms with Gasteiger partial charge in [-0.1, -0.05) is 0 Å². The van der Waals surface area contributed by atoms with Crippen LogP contribution >= 0.6 is 0 Å². The van der Waals surface area contributed by atoms with Crippen molar-refractivity contribution in [3.05, 3.63) is 41.7 Å². The number of hydrogen-bond acceptors (Lipinski definition) is 4. The Labute approximate surface area is 80.3 Å². The first-order chi connectivity index (χ1) is 6.68. The van der Waals surface area contributed by atoms with Gasteiger partial charge in [-0.15, -0.1) is 0 Å². The Bertz CT molecular complexity index is 454. The molecule has 2 aromatic heterocycles. The quantitative estimate of drug-likeness (QED) is 0.737. The van der Waals surface area contributed by atoms with E-state index in [0.717, 1.165) is 0 Å². The third kappa shape index (κ3) is 1.31. The minimum absolute atomic E-state index is 0.137. The van der Waals surface area contributed by atoms with Crippen molar-refractivity contribution in [1.82, 2.24) is 0 Å². The first-order valence-corrected chi connectivity index (χ1v) is 4.12. The van der Waals surface area contributed by atoms with Crippen LogP contribution in [-0.4, -0.2) is 5.78 Å². The number of carbonyl (C=O) groups excluding carboxylic acids is 1. The fourth-order valence-corrected chi connectivity index (χ4v) is 1.23. The fraction of sp³-hybridized carbons (Fsp3) is 0.100. The maximum atomic E-state index is 11.7. The predicted molar refractivity (Wildman–Crippen MR) is 50.0 cm³/mol. The molecule has 14 heavy (non-hydrogen) atoms. The van der Waals surface area contributed by atoms with Crippen LogP contribution in [0.2, 0.25) is 0 Å². The summed E-state index contributed by atoms with van der Waals surface area (Å²) in [5.74, 6) is 0.640. The smallest absolute Gasteiger partial charge is 0.265 e. The van der Waals surface area contributed by atoms with Crippen molar-refractivity contribution in [2.45, 2.75) is 6.92 Å². The number of anilines is 1. The third-order valence-corrected chi connectivity index (χ3v) is 1.84. The summed E-state index contributed by atoms with van der Waals surface area (Å²) in [5.41, 5.74) is 5.93. The lowest BCUT2D eigenvalue weighted by molar-refractivity contribution is 0.0983. The molecule has 0 aliphatic heterocycles. The van der Waals surface area contributed by atoms with Crippen LogP contribution in [0.1, 0.15) is 22.1 Å². The molecule has 4 heteroatoms. The summed E-state index contributed by atoms with van der Waals surface area (Å²) in [6.45, 7) is 1.73. The number of nitrogen functional groups attached to an aromatic ring is 1. The van der Waals surface area contributed by atoms with Gasteiger partial charge in [0.25, 0.3) is 5.78 Å². The minimum Gasteiger partial charge on any atom is -0.461 e. The molecule has 0 atom stereocenters. The first kappa shape index (κ1) is 8.62. The molecule has 0 amide bonds. The molecule has 0 aromatic carbocycles. The maximum Gasteiger partial charge on any atom is 0.265 e. The van der Waals surface area contributed by atoms with Gasteiger partial charge in [0.05, 0.1) is 12.0 Å². The highest BCUT2D eigenvalue weighted by atomic mass is 16.4. The lowest BCUT2D eigenvalue weighted by Crippen LogP contribution is -2.01. The number of furan rings is 2. The number of aryl methyl sites for hydroxylation is 1. The Morgan fingerprint density at radius 3 is 2.79 bits per heavy atom. The van der Waals surface area contributed by atoms with Gasteiger partial charge in [0.2, 0.25) is 5.76 Å². The molecular formula is C10H9NO3. The lowest BCUT2D eigenvalue weighted by atomic mass is 10.2. The van der Waals surface area contributed by atoms with Crippen LogP contribution in [0.15, 0.2) is 33.3 Å². The molecule has 0 fully saturated rings. The molecule has 2 rings (SSSR count). The zero-order valence-corrected chi connectivity index (χ0v) is 7.61. The molecule has 0 unspecified atom stereocenters. The van der Waals surface area contributed by atoms with Crippen molar-refractivity contribution in [1.29, 1.82) is 0 Å². The molecular weight excluding hydrogens is 182 g/mol. The molecule has 0 radical (unpaired) electrons. The molecule has 0 bridgehead atoms. The number of nitrogens with two attached hydrogens (primary N) is 1. The molecule has 4 nitrogen and oxygen atoms in total. The van der Waals surface area contributed by atoms with Crippen molar-refractivity contribution in [3.8, 4) is 0 Å². The zero-order valence-electron chi connectivity index (χ0n) is 7.61. The van der Waals surface area contributed by atoms with Crippen molar-refractivity contribution < 1.29 is 13.6 Å². The molecule has 0 aliphatic carbocycles. The van der Waals surface area contributed by atoms with Crippen LogP contribution in [0, 0.1) is 6.92 Å². The lowest BCUT2D eigenvalue weighted by Gasteiger charge is -1.93. The Morgan fingerprint density at radius 2 is 2.29 bits per heavy atom. The number of rotatable bonds is 2. The largest absolute Gasteiger partial charge is 0.461 e. The Kier molecular flexibility index (Phi) is 1.89. The zero-order chi connectivity index (χ0) is 10.1. The Balaban J connectivity index is 2.41. The van der Waals surface area contributed by atoms with E-state index < -0.39 is 0 Å². The van der Waals surface area contributed by atoms with E-state index in [1.807, 2.05) is 0 Å². The molecule has 2 N–H and O–H groups in total. The van der Waals surface area contributed by atoms with Crippen molar-refractivity contribution >= 4 is 11.5 Å². The van der Waals surface area contributed by atoms with E-state index in [1.165, 1.54) is 6.26 Å². The molecule has 72 valence electrons. The second kappa shape index (κ2) is 3.06. The van der Waals surface area contributed by atoms with Gasteiger partial charge < -0.3 is 14.6 Å². The van der Waals surface area contributed by atoms with Crippen LogP contribution in [0.4, 0.5) is 5.69 Å². The number of ketones is 1. The predicted octanol–water partition coefficient (Wildman–Crippen LogP) is 1.99. The van der Waals surface area contributed by atoms with Crippen molar-refractivity contribution in [2.24, 2.45) is 0 Å². The van der Waals surface area contributed by atoms with Gasteiger partial charge in [-0.25, -0.2) is 0 Å². The standard InChI is InChI=1S/C10H9NO3/c1-6-5-7(11)10(14-6)9(12)8-3-2-4-13-8/h2-5H,11H2,1H3. The Hall–Kier alpha value is -1.97. The van der Waals surface area contributed by atoms with Crippen LogP contribution in [-0.2, 0) is 0 Å². The second-order valence-electron chi connectivity index (χ2n) is 2.95. The summed E-state index contributed by atoms with van der Waals surface area (Å²) < 4.78 is 10.1. The van der Waals surface area contributed by atoms with E-state index in [2.05, 4.69) is 0 Å². The summed E-state index contributed by atoms with van der Waals surface area (Å²) in [6, 6.07) is 4.81. The number of carbonyl (C=O) groups is 1. The summed E-state index contributed by atoms with van der Waals surface area (Å²) >= 11 is 0. The van der Waals surface area contributed by atoms with Crippen LogP contribution in [0.5, 0.6) is 0 Å². The van der Waals surface area contributed by atoms with Gasteiger partial charge in [-0.05, 0) is 19.1 Å². The van der Waals surface area contributed by atoms with Gasteiger partial charge in [0.1, 0.15) is 5.76 Å². The second-order valence-corrected chi connectivity index (χ2v) is 2.95. The normalized spacial score (nSPS) is 10.4. The average molecular weight is 191 g/mol. The fourth-order valence-electron chi connectivity index (χ4n) is 1.23. The first-order valence-electron chi connectivity index (χ1n) is 4.12. The Morgan fingerprint density at radius 1 is 1.50 bits per heavy atom.